The number of rotatable bonds is 4. The average Bonchev–Trinajstić information content (AvgIpc) is 2.22. The van der Waals surface area contributed by atoms with Crippen LogP contribution in [0.25, 0.3) is 0 Å². The second kappa shape index (κ2) is 5.15. The Morgan fingerprint density at radius 2 is 1.94 bits per heavy atom. The maximum Gasteiger partial charge on any atom is 0.132 e. The molecule has 0 aliphatic heterocycles. The van der Waals surface area contributed by atoms with Gasteiger partial charge in [0.15, 0.2) is 0 Å². The molecule has 1 aromatic rings. The molecule has 0 saturated heterocycles. The van der Waals surface area contributed by atoms with Crippen molar-refractivity contribution >= 4 is 5.78 Å². The van der Waals surface area contributed by atoms with E-state index in [0.717, 1.165) is 17.7 Å². The lowest BCUT2D eigenvalue weighted by atomic mass is 9.93. The first kappa shape index (κ1) is 12.8. The minimum absolute atomic E-state index is 0.0893. The highest BCUT2D eigenvalue weighted by molar-refractivity contribution is 5.78. The van der Waals surface area contributed by atoms with Crippen molar-refractivity contribution in [3.8, 4) is 5.75 Å². The van der Waals surface area contributed by atoms with Crippen LogP contribution in [0.1, 0.15) is 30.5 Å². The van der Waals surface area contributed by atoms with Gasteiger partial charge in [0.2, 0.25) is 0 Å². The van der Waals surface area contributed by atoms with Gasteiger partial charge >= 0.3 is 0 Å². The number of ether oxygens (including phenoxy) is 1. The number of carbonyl (C=O) groups is 1. The Kier molecular flexibility index (Phi) is 4.11. The molecule has 2 nitrogen and oxygen atoms in total. The van der Waals surface area contributed by atoms with Gasteiger partial charge in [-0.3, -0.25) is 4.79 Å². The van der Waals surface area contributed by atoms with Gasteiger partial charge in [-0.15, -0.1) is 0 Å². The summed E-state index contributed by atoms with van der Waals surface area (Å²) >= 11 is 0. The van der Waals surface area contributed by atoms with Gasteiger partial charge in [0.1, 0.15) is 11.5 Å². The molecule has 0 N–H and O–H groups in total. The summed E-state index contributed by atoms with van der Waals surface area (Å²) in [6.07, 6.45) is 0.812. The van der Waals surface area contributed by atoms with Crippen molar-refractivity contribution < 1.29 is 9.53 Å². The van der Waals surface area contributed by atoms with Gasteiger partial charge in [-0.25, -0.2) is 0 Å². The lowest BCUT2D eigenvalue weighted by Gasteiger charge is -2.13. The summed E-state index contributed by atoms with van der Waals surface area (Å²) in [7, 11) is 1.68. The van der Waals surface area contributed by atoms with E-state index in [9.17, 15) is 4.79 Å². The molecule has 0 bridgehead atoms. The van der Waals surface area contributed by atoms with Crippen LogP contribution in [0.4, 0.5) is 0 Å². The van der Waals surface area contributed by atoms with Gasteiger partial charge in [0.25, 0.3) is 0 Å². The predicted octanol–water partition coefficient (Wildman–Crippen LogP) is 3.08. The average molecular weight is 220 g/mol. The Hall–Kier alpha value is -1.31. The number of methoxy groups -OCH3 is 1. The fourth-order valence-corrected chi connectivity index (χ4v) is 1.76. The summed E-state index contributed by atoms with van der Waals surface area (Å²) in [5.74, 6) is 1.25. The normalized spacial score (nSPS) is 12.3. The molecule has 0 radical (unpaired) electrons. The first-order chi connectivity index (χ1) is 7.45. The first-order valence-corrected chi connectivity index (χ1v) is 5.60. The zero-order valence-corrected chi connectivity index (χ0v) is 10.8. The van der Waals surface area contributed by atoms with Crippen LogP contribution in [0.2, 0.25) is 0 Å². The van der Waals surface area contributed by atoms with Crippen LogP contribution in [0.5, 0.6) is 5.75 Å². The number of benzene rings is 1. The molecule has 0 aliphatic rings. The molecular weight excluding hydrogens is 200 g/mol. The van der Waals surface area contributed by atoms with E-state index >= 15 is 0 Å². The van der Waals surface area contributed by atoms with Crippen molar-refractivity contribution in [3.63, 3.8) is 0 Å². The summed E-state index contributed by atoms with van der Waals surface area (Å²) in [6, 6.07) is 4.16. The lowest BCUT2D eigenvalue weighted by molar-refractivity contribution is -0.120. The molecule has 0 spiro atoms. The summed E-state index contributed by atoms with van der Waals surface area (Å²) in [6.45, 7) is 7.71. The Morgan fingerprint density at radius 1 is 1.31 bits per heavy atom. The fraction of sp³-hybridized carbons (Fsp3) is 0.500. The Labute approximate surface area is 97.6 Å². The number of Topliss-reactive ketones (excluding diaryl/α,β-unsaturated/α-hetero) is 1. The maximum atomic E-state index is 11.2. The van der Waals surface area contributed by atoms with Crippen molar-refractivity contribution in [2.45, 2.75) is 34.1 Å². The van der Waals surface area contributed by atoms with Crippen LogP contribution in [-0.4, -0.2) is 12.9 Å². The molecule has 2 heteroatoms. The van der Waals surface area contributed by atoms with Gasteiger partial charge in [-0.1, -0.05) is 13.0 Å². The van der Waals surface area contributed by atoms with Gasteiger partial charge in [0.05, 0.1) is 7.11 Å². The number of hydrogen-bond donors (Lipinski definition) is 0. The highest BCUT2D eigenvalue weighted by atomic mass is 16.5. The Balaban J connectivity index is 2.98. The van der Waals surface area contributed by atoms with Crippen molar-refractivity contribution in [2.24, 2.45) is 5.92 Å². The number of hydrogen-bond acceptors (Lipinski definition) is 2. The van der Waals surface area contributed by atoms with E-state index in [1.807, 2.05) is 19.9 Å². The molecule has 1 rings (SSSR count). The third-order valence-corrected chi connectivity index (χ3v) is 3.07. The van der Waals surface area contributed by atoms with E-state index in [4.69, 9.17) is 4.74 Å². The molecule has 1 unspecified atom stereocenters. The minimum Gasteiger partial charge on any atom is -0.496 e. The summed E-state index contributed by atoms with van der Waals surface area (Å²) in [5, 5.41) is 0. The highest BCUT2D eigenvalue weighted by Crippen LogP contribution is 2.24. The molecule has 0 fully saturated rings. The van der Waals surface area contributed by atoms with Crippen molar-refractivity contribution in [1.29, 1.82) is 0 Å². The van der Waals surface area contributed by atoms with E-state index < -0.39 is 0 Å². The van der Waals surface area contributed by atoms with Crippen LogP contribution < -0.4 is 4.74 Å². The predicted molar refractivity (Wildman–Crippen MR) is 66.0 cm³/mol. The van der Waals surface area contributed by atoms with Crippen LogP contribution in [-0.2, 0) is 11.2 Å². The van der Waals surface area contributed by atoms with E-state index in [2.05, 4.69) is 13.0 Å². The van der Waals surface area contributed by atoms with Crippen molar-refractivity contribution in [1.82, 2.24) is 0 Å². The highest BCUT2D eigenvalue weighted by Gasteiger charge is 2.11. The monoisotopic (exact) mass is 220 g/mol. The molecule has 1 atom stereocenters. The van der Waals surface area contributed by atoms with E-state index in [-0.39, 0.29) is 11.7 Å². The standard InChI is InChI=1S/C14H20O2/c1-9(12(4)15)6-13-7-11(3)14(16-5)8-10(13)2/h7-9H,6H2,1-5H3. The number of aryl methyl sites for hydroxylation is 2. The third kappa shape index (κ3) is 2.84. The fourth-order valence-electron chi connectivity index (χ4n) is 1.76. The van der Waals surface area contributed by atoms with Gasteiger partial charge < -0.3 is 4.74 Å². The quantitative estimate of drug-likeness (QED) is 0.779. The largest absolute Gasteiger partial charge is 0.496 e. The van der Waals surface area contributed by atoms with Crippen molar-refractivity contribution in [2.75, 3.05) is 7.11 Å². The topological polar surface area (TPSA) is 26.3 Å². The van der Waals surface area contributed by atoms with Crippen molar-refractivity contribution in [3.05, 3.63) is 28.8 Å². The summed E-state index contributed by atoms with van der Waals surface area (Å²) in [5.41, 5.74) is 3.55. The third-order valence-electron chi connectivity index (χ3n) is 3.07. The molecule has 0 amide bonds. The Bertz CT molecular complexity index is 394. The number of ketones is 1. The Morgan fingerprint density at radius 3 is 2.44 bits per heavy atom. The second-order valence-corrected chi connectivity index (χ2v) is 4.46. The SMILES string of the molecule is COc1cc(C)c(CC(C)C(C)=O)cc1C. The van der Waals surface area contributed by atoms with E-state index in [1.54, 1.807) is 14.0 Å². The van der Waals surface area contributed by atoms with Gasteiger partial charge in [-0.05, 0) is 49.9 Å². The van der Waals surface area contributed by atoms with E-state index in [1.165, 1.54) is 11.1 Å². The van der Waals surface area contributed by atoms with Crippen LogP contribution in [0, 0.1) is 19.8 Å². The zero-order valence-electron chi connectivity index (χ0n) is 10.8. The van der Waals surface area contributed by atoms with Crippen LogP contribution in [0.3, 0.4) is 0 Å². The van der Waals surface area contributed by atoms with Crippen LogP contribution in [0.15, 0.2) is 12.1 Å². The van der Waals surface area contributed by atoms with Gasteiger partial charge in [0, 0.05) is 5.92 Å². The molecule has 1 aromatic carbocycles. The minimum atomic E-state index is 0.0893. The molecule has 88 valence electrons. The number of carbonyl (C=O) groups excluding carboxylic acids is 1. The summed E-state index contributed by atoms with van der Waals surface area (Å²) in [4.78, 5) is 11.2. The zero-order chi connectivity index (χ0) is 12.3. The molecule has 0 saturated carbocycles. The molecule has 0 aliphatic carbocycles. The molecular formula is C14H20O2. The summed E-state index contributed by atoms with van der Waals surface area (Å²) < 4.78 is 5.27. The first-order valence-electron chi connectivity index (χ1n) is 5.60. The second-order valence-electron chi connectivity index (χ2n) is 4.46. The maximum absolute atomic E-state index is 11.2. The van der Waals surface area contributed by atoms with Gasteiger partial charge in [-0.2, -0.15) is 0 Å². The van der Waals surface area contributed by atoms with E-state index in [0.29, 0.717) is 0 Å². The lowest BCUT2D eigenvalue weighted by Crippen LogP contribution is -2.10. The smallest absolute Gasteiger partial charge is 0.132 e. The molecule has 0 aromatic heterocycles. The molecule has 0 heterocycles. The molecule has 16 heavy (non-hydrogen) atoms. The van der Waals surface area contributed by atoms with Crippen LogP contribution >= 0.6 is 0 Å².